The second-order valence-corrected chi connectivity index (χ2v) is 5.35. The lowest BCUT2D eigenvalue weighted by Gasteiger charge is -2.13. The smallest absolute Gasteiger partial charge is 0.261 e. The Morgan fingerprint density at radius 1 is 1.09 bits per heavy atom. The molecular weight excluding hydrogens is 305 g/mol. The molecule has 0 aromatic heterocycles. The van der Waals surface area contributed by atoms with Crippen molar-refractivity contribution in [2.45, 2.75) is 6.42 Å². The second-order valence-electron chi connectivity index (χ2n) is 4.91. The van der Waals surface area contributed by atoms with Gasteiger partial charge in [-0.05, 0) is 42.0 Å². The number of amides is 2. The summed E-state index contributed by atoms with van der Waals surface area (Å²) < 4.78 is 12.9. The van der Waals surface area contributed by atoms with Crippen LogP contribution < -0.4 is 4.90 Å². The molecule has 0 unspecified atom stereocenters. The first kappa shape index (κ1) is 14.5. The van der Waals surface area contributed by atoms with E-state index in [9.17, 15) is 14.0 Å². The summed E-state index contributed by atoms with van der Waals surface area (Å²) in [5.74, 6) is -1.03. The van der Waals surface area contributed by atoms with Gasteiger partial charge in [0.05, 0.1) is 12.1 Å². The van der Waals surface area contributed by atoms with Crippen molar-refractivity contribution in [2.75, 3.05) is 4.90 Å². The molecule has 0 N–H and O–H groups in total. The van der Waals surface area contributed by atoms with Gasteiger partial charge in [-0.25, -0.2) is 9.29 Å². The zero-order chi connectivity index (χ0) is 15.7. The van der Waals surface area contributed by atoms with E-state index >= 15 is 0 Å². The van der Waals surface area contributed by atoms with Gasteiger partial charge in [0.2, 0.25) is 5.91 Å². The van der Waals surface area contributed by atoms with E-state index in [0.717, 1.165) is 4.90 Å². The predicted molar refractivity (Wildman–Crippen MR) is 82.9 cm³/mol. The molecule has 2 amide bonds. The molecule has 1 heterocycles. The lowest BCUT2D eigenvalue weighted by molar-refractivity contribution is -0.120. The summed E-state index contributed by atoms with van der Waals surface area (Å²) in [6, 6.07) is 12.3. The van der Waals surface area contributed by atoms with Crippen LogP contribution >= 0.6 is 11.6 Å². The minimum Gasteiger partial charge on any atom is -0.274 e. The molecule has 22 heavy (non-hydrogen) atoms. The van der Waals surface area contributed by atoms with Gasteiger partial charge in [0.1, 0.15) is 5.82 Å². The van der Waals surface area contributed by atoms with Crippen LogP contribution in [0.3, 0.4) is 0 Å². The summed E-state index contributed by atoms with van der Waals surface area (Å²) >= 11 is 5.90. The maximum Gasteiger partial charge on any atom is 0.261 e. The third-order valence-electron chi connectivity index (χ3n) is 3.35. The van der Waals surface area contributed by atoms with Gasteiger partial charge in [0.15, 0.2) is 0 Å². The molecule has 0 atom stereocenters. The summed E-state index contributed by atoms with van der Waals surface area (Å²) in [4.78, 5) is 25.6. The lowest BCUT2D eigenvalue weighted by Crippen LogP contribution is -2.28. The highest BCUT2D eigenvalue weighted by Gasteiger charge is 2.34. The normalized spacial score (nSPS) is 16.6. The Morgan fingerprint density at radius 3 is 2.50 bits per heavy atom. The van der Waals surface area contributed by atoms with Crippen molar-refractivity contribution in [1.82, 2.24) is 0 Å². The third kappa shape index (κ3) is 2.78. The van der Waals surface area contributed by atoms with Gasteiger partial charge in [0.25, 0.3) is 5.91 Å². The van der Waals surface area contributed by atoms with Crippen LogP contribution in [-0.2, 0) is 9.59 Å². The van der Waals surface area contributed by atoms with Crippen LogP contribution in [0, 0.1) is 5.82 Å². The molecule has 2 aromatic carbocycles. The highest BCUT2D eigenvalue weighted by atomic mass is 35.5. The molecular formula is C17H11ClFNO2. The number of nitrogens with zero attached hydrogens (tertiary/aromatic N) is 1. The Kier molecular flexibility index (Phi) is 3.77. The number of carbonyl (C=O) groups is 2. The third-order valence-corrected chi connectivity index (χ3v) is 3.58. The number of benzene rings is 2. The van der Waals surface area contributed by atoms with Gasteiger partial charge in [-0.2, -0.15) is 0 Å². The number of hydrogen-bond donors (Lipinski definition) is 0. The predicted octanol–water partition coefficient (Wildman–Crippen LogP) is 3.83. The van der Waals surface area contributed by atoms with Gasteiger partial charge in [-0.3, -0.25) is 9.59 Å². The molecule has 3 rings (SSSR count). The van der Waals surface area contributed by atoms with Crippen molar-refractivity contribution in [2.24, 2.45) is 0 Å². The monoisotopic (exact) mass is 315 g/mol. The largest absolute Gasteiger partial charge is 0.274 e. The van der Waals surface area contributed by atoms with E-state index in [1.165, 1.54) is 12.1 Å². The van der Waals surface area contributed by atoms with E-state index in [0.29, 0.717) is 21.8 Å². The standard InChI is InChI=1S/C17H11ClFNO2/c18-13-2-1-3-15(10-13)20-16(21)9-12(17(20)22)8-11-4-6-14(19)7-5-11/h1-8,10H,9H2/b12-8+. The van der Waals surface area contributed by atoms with E-state index in [-0.39, 0.29) is 24.1 Å². The van der Waals surface area contributed by atoms with Crippen molar-refractivity contribution in [3.63, 3.8) is 0 Å². The molecule has 0 aliphatic carbocycles. The molecule has 1 aliphatic rings. The van der Waals surface area contributed by atoms with Crippen LogP contribution in [-0.4, -0.2) is 11.8 Å². The van der Waals surface area contributed by atoms with Gasteiger partial charge in [-0.1, -0.05) is 29.8 Å². The van der Waals surface area contributed by atoms with Crippen LogP contribution in [0.15, 0.2) is 54.1 Å². The fraction of sp³-hybridized carbons (Fsp3) is 0.0588. The average Bonchev–Trinajstić information content (AvgIpc) is 2.76. The Labute approximate surface area is 131 Å². The maximum atomic E-state index is 12.9. The Hall–Kier alpha value is -2.46. The number of imide groups is 1. The van der Waals surface area contributed by atoms with Crippen LogP contribution in [0.25, 0.3) is 6.08 Å². The molecule has 0 radical (unpaired) electrons. The second kappa shape index (κ2) is 5.73. The van der Waals surface area contributed by atoms with Crippen LogP contribution in [0.2, 0.25) is 5.02 Å². The first-order chi connectivity index (χ1) is 10.5. The average molecular weight is 316 g/mol. The molecule has 5 heteroatoms. The number of halogens is 2. The number of anilines is 1. The zero-order valence-corrected chi connectivity index (χ0v) is 12.2. The molecule has 2 aromatic rings. The Morgan fingerprint density at radius 2 is 1.82 bits per heavy atom. The minimum atomic E-state index is -0.378. The van der Waals surface area contributed by atoms with Gasteiger partial charge in [-0.15, -0.1) is 0 Å². The van der Waals surface area contributed by atoms with Gasteiger partial charge < -0.3 is 0 Å². The van der Waals surface area contributed by atoms with E-state index in [4.69, 9.17) is 11.6 Å². The number of rotatable bonds is 2. The molecule has 110 valence electrons. The molecule has 0 saturated carbocycles. The first-order valence-electron chi connectivity index (χ1n) is 6.63. The summed E-state index contributed by atoms with van der Waals surface area (Å²) in [5, 5.41) is 0.453. The maximum absolute atomic E-state index is 12.9. The minimum absolute atomic E-state index is 0.0166. The van der Waals surface area contributed by atoms with E-state index in [1.54, 1.807) is 42.5 Å². The van der Waals surface area contributed by atoms with E-state index < -0.39 is 0 Å². The summed E-state index contributed by atoms with van der Waals surface area (Å²) in [5.41, 5.74) is 1.49. The zero-order valence-electron chi connectivity index (χ0n) is 11.4. The topological polar surface area (TPSA) is 37.4 Å². The van der Waals surface area contributed by atoms with Gasteiger partial charge in [0, 0.05) is 10.6 Å². The first-order valence-corrected chi connectivity index (χ1v) is 7.01. The fourth-order valence-corrected chi connectivity index (χ4v) is 2.51. The van der Waals surface area contributed by atoms with Crippen molar-refractivity contribution in [3.05, 3.63) is 70.5 Å². The van der Waals surface area contributed by atoms with Crippen molar-refractivity contribution >= 4 is 35.2 Å². The van der Waals surface area contributed by atoms with Crippen molar-refractivity contribution in [3.8, 4) is 0 Å². The molecule has 1 fully saturated rings. The van der Waals surface area contributed by atoms with Crippen molar-refractivity contribution in [1.29, 1.82) is 0 Å². The van der Waals surface area contributed by atoms with Crippen LogP contribution in [0.4, 0.5) is 10.1 Å². The Bertz CT molecular complexity index is 784. The van der Waals surface area contributed by atoms with Crippen LogP contribution in [0.5, 0.6) is 0 Å². The fourth-order valence-electron chi connectivity index (χ4n) is 2.32. The summed E-state index contributed by atoms with van der Waals surface area (Å²) in [6.07, 6.45) is 1.62. The molecule has 0 spiro atoms. The number of carbonyl (C=O) groups excluding carboxylic acids is 2. The highest BCUT2D eigenvalue weighted by Crippen LogP contribution is 2.29. The highest BCUT2D eigenvalue weighted by molar-refractivity contribution is 6.32. The van der Waals surface area contributed by atoms with E-state index in [2.05, 4.69) is 0 Å². The molecule has 3 nitrogen and oxygen atoms in total. The van der Waals surface area contributed by atoms with Gasteiger partial charge >= 0.3 is 0 Å². The number of hydrogen-bond acceptors (Lipinski definition) is 2. The lowest BCUT2D eigenvalue weighted by atomic mass is 10.1. The quantitative estimate of drug-likeness (QED) is 0.624. The summed E-state index contributed by atoms with van der Waals surface area (Å²) in [7, 11) is 0. The molecule has 0 bridgehead atoms. The Balaban J connectivity index is 1.93. The summed E-state index contributed by atoms with van der Waals surface area (Å²) in [6.45, 7) is 0. The molecule has 1 aliphatic heterocycles. The van der Waals surface area contributed by atoms with E-state index in [1.807, 2.05) is 0 Å². The molecule has 1 saturated heterocycles. The van der Waals surface area contributed by atoms with Crippen LogP contribution in [0.1, 0.15) is 12.0 Å². The SMILES string of the molecule is O=C1C/C(=C\c2ccc(F)cc2)C(=O)N1c1cccc(Cl)c1. The van der Waals surface area contributed by atoms with Crippen molar-refractivity contribution < 1.29 is 14.0 Å².